The van der Waals surface area contributed by atoms with Crippen LogP contribution >= 0.6 is 11.6 Å². The highest BCUT2D eigenvalue weighted by atomic mass is 35.5. The van der Waals surface area contributed by atoms with Gasteiger partial charge in [-0.3, -0.25) is 4.79 Å². The molecule has 0 aliphatic heterocycles. The van der Waals surface area contributed by atoms with Crippen LogP contribution in [-0.2, 0) is 16.1 Å². The Bertz CT molecular complexity index is 641. The normalized spacial score (nSPS) is 20.7. The van der Waals surface area contributed by atoms with Crippen LogP contribution in [0.5, 0.6) is 0 Å². The first kappa shape index (κ1) is 13.1. The summed E-state index contributed by atoms with van der Waals surface area (Å²) in [5.74, 6) is 0.970. The van der Waals surface area contributed by atoms with E-state index in [0.717, 1.165) is 12.0 Å². The number of rotatable bonds is 4. The quantitative estimate of drug-likeness (QED) is 0.810. The fourth-order valence-electron chi connectivity index (χ4n) is 1.95. The predicted molar refractivity (Wildman–Crippen MR) is 71.8 cm³/mol. The van der Waals surface area contributed by atoms with E-state index in [9.17, 15) is 4.79 Å². The highest BCUT2D eigenvalue weighted by Gasteiger charge is 2.40. The Kier molecular flexibility index (Phi) is 3.44. The Morgan fingerprint density at radius 1 is 1.55 bits per heavy atom. The number of ether oxygens (including phenoxy) is 1. The molecule has 20 heavy (non-hydrogen) atoms. The molecule has 1 aliphatic carbocycles. The molecule has 1 aromatic carbocycles. The minimum Gasteiger partial charge on any atom is -0.455 e. The maximum atomic E-state index is 11.6. The Balaban J connectivity index is 1.63. The molecule has 2 aromatic rings. The molecule has 1 aliphatic rings. The first-order valence-corrected chi connectivity index (χ1v) is 6.76. The van der Waals surface area contributed by atoms with Crippen LogP contribution in [0.1, 0.15) is 19.2 Å². The van der Waals surface area contributed by atoms with Gasteiger partial charge in [0.2, 0.25) is 5.82 Å². The van der Waals surface area contributed by atoms with E-state index in [2.05, 4.69) is 10.1 Å². The SMILES string of the molecule is C[C@@H]1C[C@H]1C(=O)OCc1nc(-c2cccc(Cl)c2)no1. The molecule has 0 unspecified atom stereocenters. The number of carbonyl (C=O) groups is 1. The number of hydrogen-bond donors (Lipinski definition) is 0. The molecule has 1 saturated carbocycles. The number of esters is 1. The second kappa shape index (κ2) is 5.25. The van der Waals surface area contributed by atoms with E-state index in [4.69, 9.17) is 20.9 Å². The molecule has 104 valence electrons. The van der Waals surface area contributed by atoms with E-state index >= 15 is 0 Å². The Morgan fingerprint density at radius 2 is 2.35 bits per heavy atom. The molecule has 2 atom stereocenters. The molecule has 1 fully saturated rings. The lowest BCUT2D eigenvalue weighted by Crippen LogP contribution is -2.07. The van der Waals surface area contributed by atoms with Gasteiger partial charge in [0.1, 0.15) is 0 Å². The van der Waals surface area contributed by atoms with Crippen LogP contribution in [0.2, 0.25) is 5.02 Å². The number of aromatic nitrogens is 2. The molecule has 1 aromatic heterocycles. The van der Waals surface area contributed by atoms with Crippen LogP contribution < -0.4 is 0 Å². The lowest BCUT2D eigenvalue weighted by Gasteiger charge is -1.99. The standard InChI is InChI=1S/C14H13ClN2O3/c1-8-5-11(8)14(18)19-7-12-16-13(17-20-12)9-3-2-4-10(15)6-9/h2-4,6,8,11H,5,7H2,1H3/t8-,11-/m1/s1. The average Bonchev–Trinajstić information content (AvgIpc) is 2.99. The van der Waals surface area contributed by atoms with Gasteiger partial charge in [-0.05, 0) is 24.5 Å². The largest absolute Gasteiger partial charge is 0.455 e. The van der Waals surface area contributed by atoms with Gasteiger partial charge in [-0.15, -0.1) is 0 Å². The van der Waals surface area contributed by atoms with Gasteiger partial charge in [0.25, 0.3) is 5.89 Å². The van der Waals surface area contributed by atoms with Crippen molar-refractivity contribution in [3.05, 3.63) is 35.2 Å². The average molecular weight is 293 g/mol. The monoisotopic (exact) mass is 292 g/mol. The van der Waals surface area contributed by atoms with Crippen LogP contribution in [0.25, 0.3) is 11.4 Å². The molecule has 0 N–H and O–H groups in total. The van der Waals surface area contributed by atoms with Gasteiger partial charge in [0, 0.05) is 10.6 Å². The zero-order valence-corrected chi connectivity index (χ0v) is 11.6. The lowest BCUT2D eigenvalue weighted by molar-refractivity contribution is -0.147. The molecule has 3 rings (SSSR count). The van der Waals surface area contributed by atoms with E-state index in [-0.39, 0.29) is 24.4 Å². The van der Waals surface area contributed by atoms with E-state index in [1.807, 2.05) is 19.1 Å². The van der Waals surface area contributed by atoms with E-state index in [0.29, 0.717) is 16.8 Å². The molecule has 6 heteroatoms. The van der Waals surface area contributed by atoms with E-state index < -0.39 is 0 Å². The lowest BCUT2D eigenvalue weighted by atomic mass is 10.2. The molecule has 0 amide bonds. The number of nitrogens with zero attached hydrogens (tertiary/aromatic N) is 2. The first-order valence-electron chi connectivity index (χ1n) is 6.38. The molecule has 0 spiro atoms. The maximum Gasteiger partial charge on any atom is 0.309 e. The Hall–Kier alpha value is -1.88. The molecular formula is C14H13ClN2O3. The minimum atomic E-state index is -0.194. The summed E-state index contributed by atoms with van der Waals surface area (Å²) in [7, 11) is 0. The van der Waals surface area contributed by atoms with Crippen LogP contribution in [0.4, 0.5) is 0 Å². The molecule has 5 nitrogen and oxygen atoms in total. The molecular weight excluding hydrogens is 280 g/mol. The minimum absolute atomic E-state index is 0.00954. The van der Waals surface area contributed by atoms with Gasteiger partial charge in [-0.1, -0.05) is 35.8 Å². The van der Waals surface area contributed by atoms with Crippen LogP contribution in [-0.4, -0.2) is 16.1 Å². The summed E-state index contributed by atoms with van der Waals surface area (Å²) in [5.41, 5.74) is 0.759. The van der Waals surface area contributed by atoms with Crippen molar-refractivity contribution in [3.8, 4) is 11.4 Å². The van der Waals surface area contributed by atoms with Gasteiger partial charge in [-0.2, -0.15) is 4.98 Å². The summed E-state index contributed by atoms with van der Waals surface area (Å²) in [6, 6.07) is 7.15. The summed E-state index contributed by atoms with van der Waals surface area (Å²) in [6.45, 7) is 2.03. The maximum absolute atomic E-state index is 11.6. The van der Waals surface area contributed by atoms with Gasteiger partial charge in [-0.25, -0.2) is 0 Å². The second-order valence-electron chi connectivity index (χ2n) is 4.95. The third-order valence-electron chi connectivity index (χ3n) is 3.30. The number of hydrogen-bond acceptors (Lipinski definition) is 5. The summed E-state index contributed by atoms with van der Waals surface area (Å²) in [4.78, 5) is 15.8. The topological polar surface area (TPSA) is 65.2 Å². The van der Waals surface area contributed by atoms with E-state index in [1.165, 1.54) is 0 Å². The third-order valence-corrected chi connectivity index (χ3v) is 3.54. The van der Waals surface area contributed by atoms with Crippen molar-refractivity contribution < 1.29 is 14.1 Å². The molecule has 0 bridgehead atoms. The highest BCUT2D eigenvalue weighted by Crippen LogP contribution is 2.38. The van der Waals surface area contributed by atoms with Crippen molar-refractivity contribution in [2.75, 3.05) is 0 Å². The molecule has 0 radical (unpaired) electrons. The summed E-state index contributed by atoms with van der Waals surface area (Å²) in [6.07, 6.45) is 0.899. The summed E-state index contributed by atoms with van der Waals surface area (Å²) in [5, 5.41) is 4.44. The second-order valence-corrected chi connectivity index (χ2v) is 5.39. The number of halogens is 1. The molecule has 0 saturated heterocycles. The fourth-order valence-corrected chi connectivity index (χ4v) is 2.14. The third kappa shape index (κ3) is 2.82. The van der Waals surface area contributed by atoms with Crippen molar-refractivity contribution in [2.45, 2.75) is 20.0 Å². The Labute approximate surface area is 120 Å². The van der Waals surface area contributed by atoms with Crippen LogP contribution in [0.3, 0.4) is 0 Å². The van der Waals surface area contributed by atoms with Crippen molar-refractivity contribution in [2.24, 2.45) is 11.8 Å². The van der Waals surface area contributed by atoms with Gasteiger partial charge in [0.05, 0.1) is 5.92 Å². The highest BCUT2D eigenvalue weighted by molar-refractivity contribution is 6.30. The Morgan fingerprint density at radius 3 is 3.05 bits per heavy atom. The van der Waals surface area contributed by atoms with Crippen molar-refractivity contribution in [1.29, 1.82) is 0 Å². The smallest absolute Gasteiger partial charge is 0.309 e. The zero-order valence-electron chi connectivity index (χ0n) is 10.9. The van der Waals surface area contributed by atoms with Crippen molar-refractivity contribution in [1.82, 2.24) is 10.1 Å². The predicted octanol–water partition coefficient (Wildman–Crippen LogP) is 3.09. The van der Waals surface area contributed by atoms with Crippen molar-refractivity contribution >= 4 is 17.6 Å². The zero-order chi connectivity index (χ0) is 14.1. The van der Waals surface area contributed by atoms with Crippen LogP contribution in [0.15, 0.2) is 28.8 Å². The van der Waals surface area contributed by atoms with Gasteiger partial charge < -0.3 is 9.26 Å². The number of benzene rings is 1. The molecule has 1 heterocycles. The fraction of sp³-hybridized carbons (Fsp3) is 0.357. The van der Waals surface area contributed by atoms with E-state index in [1.54, 1.807) is 12.1 Å². The summed E-state index contributed by atoms with van der Waals surface area (Å²) < 4.78 is 10.2. The van der Waals surface area contributed by atoms with Gasteiger partial charge in [0.15, 0.2) is 6.61 Å². The number of carbonyl (C=O) groups excluding carboxylic acids is 1. The van der Waals surface area contributed by atoms with Crippen LogP contribution in [0, 0.1) is 11.8 Å². The summed E-state index contributed by atoms with van der Waals surface area (Å²) >= 11 is 5.90. The van der Waals surface area contributed by atoms with Crippen molar-refractivity contribution in [3.63, 3.8) is 0 Å². The van der Waals surface area contributed by atoms with Gasteiger partial charge >= 0.3 is 5.97 Å². The first-order chi connectivity index (χ1) is 9.63.